The first kappa shape index (κ1) is 19.4. The molecule has 0 aliphatic rings. The maximum absolute atomic E-state index is 12.5. The van der Waals surface area contributed by atoms with Gasteiger partial charge in [0.15, 0.2) is 11.5 Å². The molecule has 2 aromatic heterocycles. The summed E-state index contributed by atoms with van der Waals surface area (Å²) in [5.74, 6) is 1.04. The molecule has 0 atom stereocenters. The average Bonchev–Trinajstić information content (AvgIpc) is 3.03. The monoisotopic (exact) mass is 380 g/mol. The molecule has 0 radical (unpaired) electrons. The molecule has 7 nitrogen and oxygen atoms in total. The van der Waals surface area contributed by atoms with Gasteiger partial charge in [-0.05, 0) is 56.2 Å². The Hall–Kier alpha value is -3.35. The van der Waals surface area contributed by atoms with Crippen LogP contribution in [-0.2, 0) is 0 Å². The molecule has 0 unspecified atom stereocenters. The number of carbonyl (C=O) groups is 1. The molecule has 3 aromatic rings. The molecule has 0 aliphatic carbocycles. The van der Waals surface area contributed by atoms with Crippen LogP contribution in [0.4, 0.5) is 0 Å². The van der Waals surface area contributed by atoms with Crippen LogP contribution in [0, 0.1) is 6.92 Å². The lowest BCUT2D eigenvalue weighted by atomic mass is 10.2. The van der Waals surface area contributed by atoms with Crippen LogP contribution in [0.1, 0.15) is 42.0 Å². The molecule has 0 bridgehead atoms. The van der Waals surface area contributed by atoms with E-state index in [4.69, 9.17) is 9.47 Å². The molecule has 0 saturated carbocycles. The SMILES string of the molecule is CCCOc1ccc(/C=N/NC(=O)c2c(C)nc3ccccn23)cc1OCC. The predicted molar refractivity (Wildman–Crippen MR) is 108 cm³/mol. The van der Waals surface area contributed by atoms with Gasteiger partial charge in [-0.1, -0.05) is 13.0 Å². The number of aromatic nitrogens is 2. The number of nitrogens with zero attached hydrogens (tertiary/aromatic N) is 3. The number of pyridine rings is 1. The second-order valence-corrected chi connectivity index (χ2v) is 6.16. The Balaban J connectivity index is 1.74. The number of rotatable bonds is 8. The minimum atomic E-state index is -0.319. The molecule has 0 spiro atoms. The van der Waals surface area contributed by atoms with Crippen molar-refractivity contribution >= 4 is 17.8 Å². The number of imidazole rings is 1. The third-order valence-corrected chi connectivity index (χ3v) is 4.03. The van der Waals surface area contributed by atoms with Gasteiger partial charge in [-0.15, -0.1) is 0 Å². The number of nitrogens with one attached hydrogen (secondary N) is 1. The predicted octanol–water partition coefficient (Wildman–Crippen LogP) is 3.59. The van der Waals surface area contributed by atoms with Crippen molar-refractivity contribution in [1.82, 2.24) is 14.8 Å². The quantitative estimate of drug-likeness (QED) is 0.478. The lowest BCUT2D eigenvalue weighted by Gasteiger charge is -2.11. The van der Waals surface area contributed by atoms with Gasteiger partial charge in [-0.2, -0.15) is 5.10 Å². The molecule has 0 aliphatic heterocycles. The van der Waals surface area contributed by atoms with Gasteiger partial charge in [-0.3, -0.25) is 9.20 Å². The number of aryl methyl sites for hydroxylation is 1. The number of carbonyl (C=O) groups excluding carboxylic acids is 1. The van der Waals surface area contributed by atoms with Crippen molar-refractivity contribution in [2.75, 3.05) is 13.2 Å². The van der Waals surface area contributed by atoms with Crippen molar-refractivity contribution in [3.8, 4) is 11.5 Å². The Morgan fingerprint density at radius 3 is 2.86 bits per heavy atom. The Labute approximate surface area is 164 Å². The van der Waals surface area contributed by atoms with E-state index in [1.807, 2.05) is 43.3 Å². The van der Waals surface area contributed by atoms with E-state index in [0.29, 0.717) is 36.1 Å². The topological polar surface area (TPSA) is 77.2 Å². The Morgan fingerprint density at radius 1 is 1.21 bits per heavy atom. The standard InChI is InChI=1S/C21H24N4O3/c1-4-12-28-17-10-9-16(13-18(17)27-5-2)14-22-24-21(26)20-15(3)23-19-8-6-7-11-25(19)20/h6-11,13-14H,4-5,12H2,1-3H3,(H,24,26)/b22-14+. The Morgan fingerprint density at radius 2 is 2.07 bits per heavy atom. The maximum atomic E-state index is 12.5. The van der Waals surface area contributed by atoms with E-state index in [-0.39, 0.29) is 5.91 Å². The van der Waals surface area contributed by atoms with Crippen molar-refractivity contribution in [2.45, 2.75) is 27.2 Å². The Bertz CT molecular complexity index is 994. The van der Waals surface area contributed by atoms with Crippen LogP contribution in [0.5, 0.6) is 11.5 Å². The van der Waals surface area contributed by atoms with Gasteiger partial charge in [-0.25, -0.2) is 10.4 Å². The van der Waals surface area contributed by atoms with Crippen LogP contribution in [0.15, 0.2) is 47.7 Å². The number of benzene rings is 1. The summed E-state index contributed by atoms with van der Waals surface area (Å²) in [6, 6.07) is 11.1. The summed E-state index contributed by atoms with van der Waals surface area (Å²) in [6.07, 6.45) is 4.30. The number of hydrogen-bond donors (Lipinski definition) is 1. The van der Waals surface area contributed by atoms with E-state index in [0.717, 1.165) is 17.6 Å². The molecular formula is C21H24N4O3. The number of ether oxygens (including phenoxy) is 2. The van der Waals surface area contributed by atoms with Gasteiger partial charge in [0.2, 0.25) is 0 Å². The summed E-state index contributed by atoms with van der Waals surface area (Å²) in [5, 5.41) is 4.08. The second-order valence-electron chi connectivity index (χ2n) is 6.16. The van der Waals surface area contributed by atoms with Crippen LogP contribution >= 0.6 is 0 Å². The summed E-state index contributed by atoms with van der Waals surface area (Å²) in [4.78, 5) is 16.9. The highest BCUT2D eigenvalue weighted by molar-refractivity contribution is 5.95. The number of amides is 1. The average molecular weight is 380 g/mol. The Kier molecular flexibility index (Phi) is 6.26. The largest absolute Gasteiger partial charge is 0.490 e. The van der Waals surface area contributed by atoms with E-state index >= 15 is 0 Å². The zero-order valence-electron chi connectivity index (χ0n) is 16.3. The van der Waals surface area contributed by atoms with Crippen LogP contribution < -0.4 is 14.9 Å². The molecule has 7 heteroatoms. The smallest absolute Gasteiger partial charge is 0.290 e. The molecule has 3 rings (SSSR count). The zero-order chi connectivity index (χ0) is 19.9. The molecule has 2 heterocycles. The van der Waals surface area contributed by atoms with Gasteiger partial charge in [0.25, 0.3) is 5.91 Å². The molecule has 1 N–H and O–H groups in total. The molecule has 0 fully saturated rings. The van der Waals surface area contributed by atoms with Gasteiger partial charge < -0.3 is 9.47 Å². The van der Waals surface area contributed by atoms with Gasteiger partial charge in [0.1, 0.15) is 11.3 Å². The summed E-state index contributed by atoms with van der Waals surface area (Å²) >= 11 is 0. The third-order valence-electron chi connectivity index (χ3n) is 4.03. The van der Waals surface area contributed by atoms with E-state index in [1.165, 1.54) is 0 Å². The van der Waals surface area contributed by atoms with Crippen LogP contribution in [0.25, 0.3) is 5.65 Å². The fourth-order valence-electron chi connectivity index (χ4n) is 2.81. The highest BCUT2D eigenvalue weighted by atomic mass is 16.5. The summed E-state index contributed by atoms with van der Waals surface area (Å²) in [6.45, 7) is 6.93. The molecule has 1 amide bonds. The summed E-state index contributed by atoms with van der Waals surface area (Å²) in [5.41, 5.74) is 5.19. The second kappa shape index (κ2) is 9.03. The first-order chi connectivity index (χ1) is 13.6. The fourth-order valence-corrected chi connectivity index (χ4v) is 2.81. The number of fused-ring (bicyclic) bond motifs is 1. The lowest BCUT2D eigenvalue weighted by Crippen LogP contribution is -2.20. The summed E-state index contributed by atoms with van der Waals surface area (Å²) < 4.78 is 13.1. The van der Waals surface area contributed by atoms with E-state index in [9.17, 15) is 4.79 Å². The molecule has 1 aromatic carbocycles. The van der Waals surface area contributed by atoms with Crippen molar-refractivity contribution < 1.29 is 14.3 Å². The lowest BCUT2D eigenvalue weighted by molar-refractivity contribution is 0.0948. The molecule has 146 valence electrons. The van der Waals surface area contributed by atoms with Crippen molar-refractivity contribution in [3.63, 3.8) is 0 Å². The van der Waals surface area contributed by atoms with Crippen LogP contribution in [-0.4, -0.2) is 34.7 Å². The zero-order valence-corrected chi connectivity index (χ0v) is 16.3. The molecule has 0 saturated heterocycles. The highest BCUT2D eigenvalue weighted by Gasteiger charge is 2.15. The summed E-state index contributed by atoms with van der Waals surface area (Å²) in [7, 11) is 0. The van der Waals surface area contributed by atoms with E-state index in [1.54, 1.807) is 23.7 Å². The van der Waals surface area contributed by atoms with Gasteiger partial charge in [0, 0.05) is 6.20 Å². The van der Waals surface area contributed by atoms with Gasteiger partial charge >= 0.3 is 0 Å². The van der Waals surface area contributed by atoms with Crippen LogP contribution in [0.2, 0.25) is 0 Å². The van der Waals surface area contributed by atoms with E-state index in [2.05, 4.69) is 22.4 Å². The first-order valence-corrected chi connectivity index (χ1v) is 9.30. The number of hydrazone groups is 1. The third kappa shape index (κ3) is 4.31. The maximum Gasteiger partial charge on any atom is 0.290 e. The first-order valence-electron chi connectivity index (χ1n) is 9.30. The highest BCUT2D eigenvalue weighted by Crippen LogP contribution is 2.28. The van der Waals surface area contributed by atoms with E-state index < -0.39 is 0 Å². The molecular weight excluding hydrogens is 356 g/mol. The fraction of sp³-hybridized carbons (Fsp3) is 0.286. The molecule has 28 heavy (non-hydrogen) atoms. The van der Waals surface area contributed by atoms with Crippen molar-refractivity contribution in [1.29, 1.82) is 0 Å². The van der Waals surface area contributed by atoms with Crippen molar-refractivity contribution in [3.05, 3.63) is 59.5 Å². The number of hydrogen-bond acceptors (Lipinski definition) is 5. The van der Waals surface area contributed by atoms with Crippen LogP contribution in [0.3, 0.4) is 0 Å². The minimum Gasteiger partial charge on any atom is -0.490 e. The van der Waals surface area contributed by atoms with Crippen molar-refractivity contribution in [2.24, 2.45) is 5.10 Å². The minimum absolute atomic E-state index is 0.319. The normalized spacial score (nSPS) is 11.1. The van der Waals surface area contributed by atoms with Gasteiger partial charge in [0.05, 0.1) is 25.1 Å².